The summed E-state index contributed by atoms with van der Waals surface area (Å²) < 4.78 is 39.0. The molecule has 0 N–H and O–H groups in total. The molecule has 0 aliphatic carbocycles. The molecule has 1 aliphatic rings. The zero-order valence-corrected chi connectivity index (χ0v) is 14.4. The quantitative estimate of drug-likeness (QED) is 0.755. The van der Waals surface area contributed by atoms with Crippen molar-refractivity contribution < 1.29 is 13.2 Å². The minimum absolute atomic E-state index is 0.242. The van der Waals surface area contributed by atoms with E-state index in [4.69, 9.17) is 0 Å². The van der Waals surface area contributed by atoms with E-state index in [1.54, 1.807) is 17.2 Å². The van der Waals surface area contributed by atoms with Gasteiger partial charge in [-0.3, -0.25) is 0 Å². The molecule has 25 heavy (non-hydrogen) atoms. The highest BCUT2D eigenvalue weighted by Crippen LogP contribution is 2.29. The molecule has 0 atom stereocenters. The van der Waals surface area contributed by atoms with Crippen LogP contribution in [0.5, 0.6) is 0 Å². The van der Waals surface area contributed by atoms with Crippen LogP contribution in [0.15, 0.2) is 29.1 Å². The van der Waals surface area contributed by atoms with E-state index in [-0.39, 0.29) is 5.82 Å². The molecular weight excluding hydrogens is 401 g/mol. The zero-order chi connectivity index (χ0) is 18.0. The molecular formula is C15H12BrF3N6. The van der Waals surface area contributed by atoms with E-state index in [9.17, 15) is 18.4 Å². The minimum Gasteiger partial charge on any atom is -0.353 e. The Kier molecular flexibility index (Phi) is 4.76. The van der Waals surface area contributed by atoms with Crippen LogP contribution in [0.3, 0.4) is 0 Å². The van der Waals surface area contributed by atoms with E-state index in [0.717, 1.165) is 12.4 Å². The number of pyridine rings is 1. The van der Waals surface area contributed by atoms with Gasteiger partial charge in [0, 0.05) is 42.9 Å². The van der Waals surface area contributed by atoms with Gasteiger partial charge in [-0.2, -0.15) is 18.4 Å². The molecule has 2 aromatic rings. The van der Waals surface area contributed by atoms with Crippen molar-refractivity contribution in [3.8, 4) is 6.07 Å². The summed E-state index contributed by atoms with van der Waals surface area (Å²) in [5, 5.41) is 9.24. The summed E-state index contributed by atoms with van der Waals surface area (Å²) in [4.78, 5) is 15.2. The van der Waals surface area contributed by atoms with Crippen molar-refractivity contribution in [1.29, 1.82) is 5.26 Å². The Hall–Kier alpha value is -2.41. The van der Waals surface area contributed by atoms with Crippen LogP contribution in [0.25, 0.3) is 0 Å². The topological polar surface area (TPSA) is 68.9 Å². The van der Waals surface area contributed by atoms with Gasteiger partial charge in [0.15, 0.2) is 0 Å². The fourth-order valence-electron chi connectivity index (χ4n) is 2.59. The van der Waals surface area contributed by atoms with E-state index in [2.05, 4.69) is 37.0 Å². The molecule has 1 aliphatic heterocycles. The first-order chi connectivity index (χ1) is 11.9. The van der Waals surface area contributed by atoms with E-state index < -0.39 is 11.9 Å². The fraction of sp³-hybridized carbons (Fsp3) is 0.333. The molecule has 0 amide bonds. The number of hydrogen-bond donors (Lipinski definition) is 0. The predicted octanol–water partition coefficient (Wildman–Crippen LogP) is 2.85. The molecule has 0 saturated carbocycles. The number of halogens is 4. The normalized spacial score (nSPS) is 15.2. The third-order valence-electron chi connectivity index (χ3n) is 3.80. The molecule has 0 aromatic carbocycles. The highest BCUT2D eigenvalue weighted by molar-refractivity contribution is 9.10. The van der Waals surface area contributed by atoms with Gasteiger partial charge in [-0.25, -0.2) is 15.0 Å². The molecule has 1 fully saturated rings. The maximum Gasteiger partial charge on any atom is 0.433 e. The Morgan fingerprint density at radius 2 is 1.72 bits per heavy atom. The van der Waals surface area contributed by atoms with Crippen molar-refractivity contribution in [3.05, 3.63) is 40.4 Å². The molecule has 130 valence electrons. The second kappa shape index (κ2) is 6.84. The highest BCUT2D eigenvalue weighted by atomic mass is 79.9. The Bertz CT molecular complexity index is 812. The second-order valence-corrected chi connectivity index (χ2v) is 6.29. The van der Waals surface area contributed by atoms with Gasteiger partial charge in [0.2, 0.25) is 0 Å². The number of rotatable bonds is 2. The average Bonchev–Trinajstić information content (AvgIpc) is 2.61. The maximum absolute atomic E-state index is 12.8. The first kappa shape index (κ1) is 17.4. The summed E-state index contributed by atoms with van der Waals surface area (Å²) in [5.41, 5.74) is -0.509. The lowest BCUT2D eigenvalue weighted by Crippen LogP contribution is -2.47. The number of aromatic nitrogens is 3. The van der Waals surface area contributed by atoms with Crippen molar-refractivity contribution in [1.82, 2.24) is 15.0 Å². The summed E-state index contributed by atoms with van der Waals surface area (Å²) in [6.45, 7) is 1.98. The fourth-order valence-corrected chi connectivity index (χ4v) is 2.92. The van der Waals surface area contributed by atoms with Gasteiger partial charge in [0.05, 0.1) is 5.56 Å². The predicted molar refractivity (Wildman–Crippen MR) is 88.1 cm³/mol. The number of piperazine rings is 1. The Labute approximate surface area is 150 Å². The molecule has 0 bridgehead atoms. The van der Waals surface area contributed by atoms with Gasteiger partial charge >= 0.3 is 6.18 Å². The van der Waals surface area contributed by atoms with Gasteiger partial charge in [-0.1, -0.05) is 0 Å². The molecule has 6 nitrogen and oxygen atoms in total. The van der Waals surface area contributed by atoms with E-state index >= 15 is 0 Å². The summed E-state index contributed by atoms with van der Waals surface area (Å²) in [6, 6.07) is 4.75. The Morgan fingerprint density at radius 1 is 1.04 bits per heavy atom. The van der Waals surface area contributed by atoms with Crippen molar-refractivity contribution in [2.75, 3.05) is 36.0 Å². The lowest BCUT2D eigenvalue weighted by atomic mass is 10.2. The van der Waals surface area contributed by atoms with Gasteiger partial charge in [0.1, 0.15) is 29.7 Å². The first-order valence-corrected chi connectivity index (χ1v) is 8.12. The van der Waals surface area contributed by atoms with Gasteiger partial charge in [0.25, 0.3) is 0 Å². The summed E-state index contributed by atoms with van der Waals surface area (Å²) in [7, 11) is 0. The average molecular weight is 413 g/mol. The lowest BCUT2D eigenvalue weighted by Gasteiger charge is -2.36. The van der Waals surface area contributed by atoms with Gasteiger partial charge in [-0.05, 0) is 22.0 Å². The smallest absolute Gasteiger partial charge is 0.353 e. The van der Waals surface area contributed by atoms with Gasteiger partial charge in [-0.15, -0.1) is 0 Å². The van der Waals surface area contributed by atoms with Crippen LogP contribution in [-0.2, 0) is 6.18 Å². The summed E-state index contributed by atoms with van der Waals surface area (Å²) >= 11 is 3.28. The minimum atomic E-state index is -4.50. The third-order valence-corrected chi connectivity index (χ3v) is 4.23. The van der Waals surface area contributed by atoms with Crippen molar-refractivity contribution in [2.24, 2.45) is 0 Å². The molecule has 3 rings (SSSR count). The number of hydrogen-bond acceptors (Lipinski definition) is 6. The van der Waals surface area contributed by atoms with Crippen LogP contribution in [0, 0.1) is 11.3 Å². The van der Waals surface area contributed by atoms with Crippen LogP contribution in [0.1, 0.15) is 11.3 Å². The highest BCUT2D eigenvalue weighted by Gasteiger charge is 2.33. The molecule has 0 spiro atoms. The molecule has 10 heteroatoms. The number of nitriles is 1. The van der Waals surface area contributed by atoms with Crippen molar-refractivity contribution in [2.45, 2.75) is 6.18 Å². The van der Waals surface area contributed by atoms with E-state index in [1.807, 2.05) is 4.90 Å². The number of nitrogens with zero attached hydrogens (tertiary/aromatic N) is 6. The third kappa shape index (κ3) is 3.82. The van der Waals surface area contributed by atoms with E-state index in [0.29, 0.717) is 42.0 Å². The first-order valence-electron chi connectivity index (χ1n) is 7.33. The lowest BCUT2D eigenvalue weighted by molar-refractivity contribution is -0.141. The van der Waals surface area contributed by atoms with Crippen LogP contribution >= 0.6 is 15.9 Å². The monoisotopic (exact) mass is 412 g/mol. The molecule has 0 unspecified atom stereocenters. The van der Waals surface area contributed by atoms with Gasteiger partial charge < -0.3 is 9.80 Å². The standard InChI is InChI=1S/C15H12BrF3N6/c16-11-5-10(7-20)14(21-8-11)25-3-1-24(2-4-25)13-6-12(15(17,18)19)22-9-23-13/h5-6,8-9H,1-4H2. The largest absolute Gasteiger partial charge is 0.433 e. The maximum atomic E-state index is 12.8. The van der Waals surface area contributed by atoms with Crippen LogP contribution in [0.2, 0.25) is 0 Å². The summed E-state index contributed by atoms with van der Waals surface area (Å²) in [5.74, 6) is 0.815. The van der Waals surface area contributed by atoms with Crippen LogP contribution in [0.4, 0.5) is 24.8 Å². The summed E-state index contributed by atoms with van der Waals surface area (Å²) in [6.07, 6.45) is -1.96. The Morgan fingerprint density at radius 3 is 2.36 bits per heavy atom. The molecule has 2 aromatic heterocycles. The van der Waals surface area contributed by atoms with E-state index in [1.165, 1.54) is 0 Å². The SMILES string of the molecule is N#Cc1cc(Br)cnc1N1CCN(c2cc(C(F)(F)F)ncn2)CC1. The number of anilines is 2. The molecule has 1 saturated heterocycles. The zero-order valence-electron chi connectivity index (χ0n) is 12.8. The van der Waals surface area contributed by atoms with Crippen molar-refractivity contribution in [3.63, 3.8) is 0 Å². The second-order valence-electron chi connectivity index (χ2n) is 5.37. The van der Waals surface area contributed by atoms with Crippen LogP contribution in [-0.4, -0.2) is 41.1 Å². The number of alkyl halides is 3. The molecule has 3 heterocycles. The van der Waals surface area contributed by atoms with Crippen molar-refractivity contribution >= 4 is 27.6 Å². The molecule has 0 radical (unpaired) electrons. The van der Waals surface area contributed by atoms with Crippen LogP contribution < -0.4 is 9.80 Å². The Balaban J connectivity index is 1.74.